The average Bonchev–Trinajstić information content (AvgIpc) is 3.12. The van der Waals surface area contributed by atoms with Crippen LogP contribution in [0, 0.1) is 0 Å². The van der Waals surface area contributed by atoms with Crippen LogP contribution >= 0.6 is 0 Å². The highest BCUT2D eigenvalue weighted by atomic mass is 16.5. The maximum atomic E-state index is 11.4. The number of hydrogen-bond acceptors (Lipinski definition) is 2. The van der Waals surface area contributed by atoms with Crippen molar-refractivity contribution in [2.24, 2.45) is 0 Å². The summed E-state index contributed by atoms with van der Waals surface area (Å²) in [5.74, 6) is 0.841. The van der Waals surface area contributed by atoms with Crippen molar-refractivity contribution in [1.82, 2.24) is 5.32 Å². The van der Waals surface area contributed by atoms with E-state index >= 15 is 0 Å². The van der Waals surface area contributed by atoms with Crippen molar-refractivity contribution in [3.05, 3.63) is 35.9 Å². The third kappa shape index (κ3) is 3.94. The van der Waals surface area contributed by atoms with Crippen molar-refractivity contribution >= 4 is 12.0 Å². The van der Waals surface area contributed by atoms with Gasteiger partial charge in [-0.1, -0.05) is 12.1 Å². The smallest absolute Gasteiger partial charge is 0.244 e. The minimum absolute atomic E-state index is 0.0126. The van der Waals surface area contributed by atoms with Crippen LogP contribution in [-0.4, -0.2) is 18.6 Å². The molecule has 0 aromatic heterocycles. The second-order valence-corrected chi connectivity index (χ2v) is 4.12. The van der Waals surface area contributed by atoms with Crippen molar-refractivity contribution in [3.8, 4) is 5.75 Å². The summed E-state index contributed by atoms with van der Waals surface area (Å²) >= 11 is 0. The monoisotopic (exact) mass is 231 g/mol. The van der Waals surface area contributed by atoms with Gasteiger partial charge in [0.15, 0.2) is 0 Å². The average molecular weight is 231 g/mol. The van der Waals surface area contributed by atoms with Gasteiger partial charge in [-0.15, -0.1) is 0 Å². The molecule has 1 aliphatic rings. The largest absolute Gasteiger partial charge is 0.494 e. The van der Waals surface area contributed by atoms with Gasteiger partial charge in [-0.25, -0.2) is 0 Å². The molecule has 0 radical (unpaired) electrons. The summed E-state index contributed by atoms with van der Waals surface area (Å²) < 4.78 is 5.34. The van der Waals surface area contributed by atoms with Gasteiger partial charge in [0, 0.05) is 12.1 Å². The Balaban J connectivity index is 1.88. The normalized spacial score (nSPS) is 14.9. The molecule has 1 saturated carbocycles. The van der Waals surface area contributed by atoms with Crippen molar-refractivity contribution < 1.29 is 9.53 Å². The molecule has 2 rings (SSSR count). The standard InChI is InChI=1S/C14H17NO2/c1-2-17-13-8-3-11(4-9-13)5-10-14(16)15-12-6-7-12/h3-5,8-10,12H,2,6-7H2,1H3,(H,15,16). The lowest BCUT2D eigenvalue weighted by Crippen LogP contribution is -2.22. The Morgan fingerprint density at radius 2 is 2.12 bits per heavy atom. The summed E-state index contributed by atoms with van der Waals surface area (Å²) in [6.45, 7) is 2.62. The van der Waals surface area contributed by atoms with E-state index in [1.54, 1.807) is 6.08 Å². The van der Waals surface area contributed by atoms with Crippen LogP contribution in [0.1, 0.15) is 25.3 Å². The Morgan fingerprint density at radius 1 is 1.41 bits per heavy atom. The molecule has 0 heterocycles. The Morgan fingerprint density at radius 3 is 2.71 bits per heavy atom. The fraction of sp³-hybridized carbons (Fsp3) is 0.357. The van der Waals surface area contributed by atoms with Gasteiger partial charge in [0.05, 0.1) is 6.61 Å². The fourth-order valence-electron chi connectivity index (χ4n) is 1.49. The van der Waals surface area contributed by atoms with Gasteiger partial charge in [-0.05, 0) is 43.5 Å². The number of nitrogens with one attached hydrogen (secondary N) is 1. The fourth-order valence-corrected chi connectivity index (χ4v) is 1.49. The zero-order valence-electron chi connectivity index (χ0n) is 9.98. The lowest BCUT2D eigenvalue weighted by molar-refractivity contribution is -0.116. The number of hydrogen-bond donors (Lipinski definition) is 1. The summed E-state index contributed by atoms with van der Waals surface area (Å²) in [6, 6.07) is 8.09. The molecule has 1 fully saturated rings. The number of amides is 1. The SMILES string of the molecule is CCOc1ccc(C=CC(=O)NC2CC2)cc1. The maximum Gasteiger partial charge on any atom is 0.244 e. The number of carbonyl (C=O) groups excluding carboxylic acids is 1. The molecule has 0 atom stereocenters. The first kappa shape index (κ1) is 11.7. The molecule has 1 amide bonds. The highest BCUT2D eigenvalue weighted by Crippen LogP contribution is 2.18. The Hall–Kier alpha value is -1.77. The number of benzene rings is 1. The van der Waals surface area contributed by atoms with E-state index in [9.17, 15) is 4.79 Å². The van der Waals surface area contributed by atoms with Gasteiger partial charge in [0.2, 0.25) is 5.91 Å². The Labute approximate surface area is 101 Å². The van der Waals surface area contributed by atoms with E-state index in [4.69, 9.17) is 4.74 Å². The van der Waals surface area contributed by atoms with E-state index in [0.717, 1.165) is 24.2 Å². The topological polar surface area (TPSA) is 38.3 Å². The minimum atomic E-state index is -0.0126. The van der Waals surface area contributed by atoms with Crippen molar-refractivity contribution in [1.29, 1.82) is 0 Å². The Kier molecular flexibility index (Phi) is 3.81. The summed E-state index contributed by atoms with van der Waals surface area (Å²) in [5, 5.41) is 2.91. The summed E-state index contributed by atoms with van der Waals surface area (Å²) in [6.07, 6.45) is 5.62. The number of ether oxygens (including phenoxy) is 1. The third-order valence-electron chi connectivity index (χ3n) is 2.54. The lowest BCUT2D eigenvalue weighted by atomic mass is 10.2. The predicted octanol–water partition coefficient (Wildman–Crippen LogP) is 2.38. The molecule has 1 aromatic carbocycles. The maximum absolute atomic E-state index is 11.4. The molecule has 17 heavy (non-hydrogen) atoms. The molecule has 3 heteroatoms. The first-order chi connectivity index (χ1) is 8.28. The molecule has 0 saturated heterocycles. The van der Waals surface area contributed by atoms with Gasteiger partial charge in [0.25, 0.3) is 0 Å². The first-order valence-corrected chi connectivity index (χ1v) is 5.99. The molecule has 1 aromatic rings. The molecule has 1 N–H and O–H groups in total. The predicted molar refractivity (Wildman–Crippen MR) is 67.8 cm³/mol. The van der Waals surface area contributed by atoms with Crippen LogP contribution in [0.15, 0.2) is 30.3 Å². The van der Waals surface area contributed by atoms with Crippen LogP contribution in [-0.2, 0) is 4.79 Å². The molecular formula is C14H17NO2. The molecular weight excluding hydrogens is 214 g/mol. The van der Waals surface area contributed by atoms with E-state index in [0.29, 0.717) is 12.6 Å². The van der Waals surface area contributed by atoms with Crippen molar-refractivity contribution in [2.75, 3.05) is 6.61 Å². The van der Waals surface area contributed by atoms with Crippen LogP contribution in [0.4, 0.5) is 0 Å². The number of carbonyl (C=O) groups is 1. The van der Waals surface area contributed by atoms with E-state index in [-0.39, 0.29) is 5.91 Å². The van der Waals surface area contributed by atoms with Crippen LogP contribution in [0.5, 0.6) is 5.75 Å². The third-order valence-corrected chi connectivity index (χ3v) is 2.54. The second-order valence-electron chi connectivity index (χ2n) is 4.12. The zero-order chi connectivity index (χ0) is 12.1. The molecule has 0 aliphatic heterocycles. The molecule has 0 bridgehead atoms. The van der Waals surface area contributed by atoms with Crippen LogP contribution in [0.2, 0.25) is 0 Å². The van der Waals surface area contributed by atoms with Crippen molar-refractivity contribution in [2.45, 2.75) is 25.8 Å². The zero-order valence-corrected chi connectivity index (χ0v) is 9.98. The lowest BCUT2D eigenvalue weighted by Gasteiger charge is -2.02. The summed E-state index contributed by atoms with van der Waals surface area (Å²) in [5.41, 5.74) is 0.999. The summed E-state index contributed by atoms with van der Waals surface area (Å²) in [4.78, 5) is 11.4. The van der Waals surface area contributed by atoms with Crippen LogP contribution < -0.4 is 10.1 Å². The van der Waals surface area contributed by atoms with Crippen LogP contribution in [0.3, 0.4) is 0 Å². The summed E-state index contributed by atoms with van der Waals surface area (Å²) in [7, 11) is 0. The van der Waals surface area contributed by atoms with Gasteiger partial charge in [0.1, 0.15) is 5.75 Å². The number of rotatable bonds is 5. The molecule has 0 unspecified atom stereocenters. The minimum Gasteiger partial charge on any atom is -0.494 e. The highest BCUT2D eigenvalue weighted by molar-refractivity contribution is 5.92. The van der Waals surface area contributed by atoms with E-state index in [1.807, 2.05) is 37.3 Å². The van der Waals surface area contributed by atoms with Gasteiger partial charge in [-0.2, -0.15) is 0 Å². The van der Waals surface area contributed by atoms with E-state index < -0.39 is 0 Å². The molecule has 1 aliphatic carbocycles. The van der Waals surface area contributed by atoms with Gasteiger partial charge in [-0.3, -0.25) is 4.79 Å². The second kappa shape index (κ2) is 5.53. The molecule has 90 valence electrons. The molecule has 0 spiro atoms. The van der Waals surface area contributed by atoms with Crippen molar-refractivity contribution in [3.63, 3.8) is 0 Å². The van der Waals surface area contributed by atoms with E-state index in [1.165, 1.54) is 0 Å². The van der Waals surface area contributed by atoms with Gasteiger partial charge >= 0.3 is 0 Å². The van der Waals surface area contributed by atoms with Gasteiger partial charge < -0.3 is 10.1 Å². The Bertz CT molecular complexity index is 405. The molecule has 3 nitrogen and oxygen atoms in total. The first-order valence-electron chi connectivity index (χ1n) is 5.99. The van der Waals surface area contributed by atoms with E-state index in [2.05, 4.69) is 5.32 Å². The quantitative estimate of drug-likeness (QED) is 0.790. The highest BCUT2D eigenvalue weighted by Gasteiger charge is 2.21. The van der Waals surface area contributed by atoms with Crippen LogP contribution in [0.25, 0.3) is 6.08 Å².